The van der Waals surface area contributed by atoms with Crippen LogP contribution in [0.25, 0.3) is 65.6 Å². The third-order valence-electron chi connectivity index (χ3n) is 11.9. The fourth-order valence-corrected chi connectivity index (χ4v) is 12.4. The van der Waals surface area contributed by atoms with Crippen molar-refractivity contribution in [3.05, 3.63) is 148 Å². The van der Waals surface area contributed by atoms with Crippen molar-refractivity contribution in [3.8, 4) is 28.3 Å². The number of fused-ring (bicyclic) bond motifs is 16. The number of hydrogen-bond acceptors (Lipinski definition) is 4. The molecule has 0 saturated heterocycles. The van der Waals surface area contributed by atoms with E-state index in [1.54, 1.807) is 22.5 Å². The van der Waals surface area contributed by atoms with Crippen LogP contribution in [0, 0.1) is 0 Å². The van der Waals surface area contributed by atoms with E-state index in [-0.39, 0.29) is 5.92 Å². The van der Waals surface area contributed by atoms with Crippen molar-refractivity contribution in [3.63, 3.8) is 0 Å². The first-order chi connectivity index (χ1) is 25.3. The molecule has 8 aromatic rings. The SMILES string of the molecule is C1=Cc2c(-c3nc(-n4c5c(c6ccccc64)-c4ccccc4C4Sc6ccccc6C54)nc4sc5ccccc5c34)cc3c(c2CC1)CCCC3. The molecule has 3 aromatic heterocycles. The van der Waals surface area contributed by atoms with Gasteiger partial charge in [0.2, 0.25) is 5.95 Å². The molecule has 3 nitrogen and oxygen atoms in total. The second-order valence-corrected chi connectivity index (χ2v) is 16.7. The van der Waals surface area contributed by atoms with Crippen LogP contribution in [-0.2, 0) is 19.3 Å². The van der Waals surface area contributed by atoms with Gasteiger partial charge in [-0.15, -0.1) is 23.1 Å². The van der Waals surface area contributed by atoms with Crippen LogP contribution in [0.4, 0.5) is 0 Å². The number of rotatable bonds is 2. The van der Waals surface area contributed by atoms with Crippen LogP contribution < -0.4 is 0 Å². The highest BCUT2D eigenvalue weighted by atomic mass is 32.2. The van der Waals surface area contributed by atoms with E-state index in [9.17, 15) is 0 Å². The average Bonchev–Trinajstić information content (AvgIpc) is 3.87. The van der Waals surface area contributed by atoms with Crippen molar-refractivity contribution in [2.24, 2.45) is 0 Å². The van der Waals surface area contributed by atoms with Gasteiger partial charge in [-0.3, -0.25) is 4.57 Å². The lowest BCUT2D eigenvalue weighted by Gasteiger charge is -2.30. The highest BCUT2D eigenvalue weighted by Gasteiger charge is 2.44. The molecule has 0 bridgehead atoms. The Morgan fingerprint density at radius 1 is 0.706 bits per heavy atom. The van der Waals surface area contributed by atoms with E-state index in [4.69, 9.17) is 9.97 Å². The Morgan fingerprint density at radius 2 is 1.51 bits per heavy atom. The quantitative estimate of drug-likeness (QED) is 0.181. The lowest BCUT2D eigenvalue weighted by Crippen LogP contribution is -2.18. The molecule has 0 saturated carbocycles. The van der Waals surface area contributed by atoms with E-state index < -0.39 is 0 Å². The van der Waals surface area contributed by atoms with Gasteiger partial charge < -0.3 is 0 Å². The molecule has 244 valence electrons. The Labute approximate surface area is 304 Å². The van der Waals surface area contributed by atoms with Crippen molar-refractivity contribution in [1.82, 2.24) is 14.5 Å². The number of para-hydroxylation sites is 1. The minimum absolute atomic E-state index is 0.188. The Kier molecular flexibility index (Phi) is 6.06. The van der Waals surface area contributed by atoms with Crippen LogP contribution in [-0.4, -0.2) is 14.5 Å². The summed E-state index contributed by atoms with van der Waals surface area (Å²) in [5.74, 6) is 0.966. The molecule has 0 N–H and O–H groups in total. The van der Waals surface area contributed by atoms with Crippen molar-refractivity contribution >= 4 is 60.4 Å². The molecule has 4 heterocycles. The molecule has 0 spiro atoms. The predicted molar refractivity (Wildman–Crippen MR) is 214 cm³/mol. The van der Waals surface area contributed by atoms with Gasteiger partial charge in [-0.1, -0.05) is 91.0 Å². The predicted octanol–water partition coefficient (Wildman–Crippen LogP) is 12.3. The van der Waals surface area contributed by atoms with E-state index in [1.165, 1.54) is 95.2 Å². The fraction of sp³-hybridized carbons (Fsp3) is 0.174. The second-order valence-electron chi connectivity index (χ2n) is 14.5. The summed E-state index contributed by atoms with van der Waals surface area (Å²) < 4.78 is 3.71. The maximum absolute atomic E-state index is 5.80. The van der Waals surface area contributed by atoms with Gasteiger partial charge in [0, 0.05) is 53.7 Å². The monoisotopic (exact) mass is 691 g/mol. The summed E-state index contributed by atoms with van der Waals surface area (Å²) in [6.45, 7) is 0. The standard InChI is InChI=1S/C46H33N3S2/c1-2-14-27-26(13-1)25-35(29-16-4-3-15-28(27)29)42-40-33-20-8-12-24-38(33)51-45(40)48-46(47-42)49-36-22-10-7-19-32(36)39-30-17-5-6-18-31(30)44-41(43(39)49)34-21-9-11-23-37(34)50-44/h4-12,16-25,41,44H,1-3,13-15H2. The lowest BCUT2D eigenvalue weighted by atomic mass is 9.78. The molecular weight excluding hydrogens is 659 g/mol. The number of allylic oxidation sites excluding steroid dienone is 1. The number of nitrogens with zero attached hydrogens (tertiary/aromatic N) is 3. The average molecular weight is 692 g/mol. The molecule has 2 unspecified atom stereocenters. The molecule has 1 aliphatic heterocycles. The summed E-state index contributed by atoms with van der Waals surface area (Å²) >= 11 is 3.82. The smallest absolute Gasteiger partial charge is 0.236 e. The molecule has 12 rings (SSSR count). The molecule has 3 aliphatic carbocycles. The number of thioether (sulfide) groups is 1. The number of aromatic nitrogens is 3. The zero-order valence-corrected chi connectivity index (χ0v) is 29.7. The molecule has 51 heavy (non-hydrogen) atoms. The molecule has 2 atom stereocenters. The number of hydrogen-bond donors (Lipinski definition) is 0. The topological polar surface area (TPSA) is 30.7 Å². The minimum Gasteiger partial charge on any atom is -0.281 e. The van der Waals surface area contributed by atoms with Gasteiger partial charge in [0.15, 0.2) is 0 Å². The Balaban J connectivity index is 1.22. The zero-order chi connectivity index (χ0) is 33.2. The van der Waals surface area contributed by atoms with Crippen LogP contribution in [0.1, 0.15) is 69.5 Å². The molecule has 0 fully saturated rings. The summed E-state index contributed by atoms with van der Waals surface area (Å²) in [6, 6.07) is 38.4. The second kappa shape index (κ2) is 10.8. The van der Waals surface area contributed by atoms with E-state index >= 15 is 0 Å². The van der Waals surface area contributed by atoms with Gasteiger partial charge >= 0.3 is 0 Å². The van der Waals surface area contributed by atoms with Crippen LogP contribution in [0.2, 0.25) is 0 Å². The first-order valence-corrected chi connectivity index (χ1v) is 20.0. The lowest BCUT2D eigenvalue weighted by molar-refractivity contribution is 0.677. The fourth-order valence-electron chi connectivity index (χ4n) is 9.79. The van der Waals surface area contributed by atoms with Gasteiger partial charge in [0.25, 0.3) is 0 Å². The maximum atomic E-state index is 5.80. The van der Waals surface area contributed by atoms with Crippen molar-refractivity contribution in [2.45, 2.75) is 54.6 Å². The molecule has 5 aromatic carbocycles. The van der Waals surface area contributed by atoms with Crippen molar-refractivity contribution in [2.75, 3.05) is 0 Å². The summed E-state index contributed by atoms with van der Waals surface area (Å²) in [6.07, 6.45) is 11.9. The Hall–Kier alpha value is -4.97. The van der Waals surface area contributed by atoms with Gasteiger partial charge in [0.05, 0.1) is 11.2 Å². The van der Waals surface area contributed by atoms with E-state index in [2.05, 4.69) is 120 Å². The van der Waals surface area contributed by atoms with Crippen molar-refractivity contribution in [1.29, 1.82) is 0 Å². The highest BCUT2D eigenvalue weighted by Crippen LogP contribution is 2.64. The highest BCUT2D eigenvalue weighted by molar-refractivity contribution is 8.00. The van der Waals surface area contributed by atoms with Crippen LogP contribution in [0.5, 0.6) is 0 Å². The largest absolute Gasteiger partial charge is 0.281 e. The molecular formula is C46H33N3S2. The molecule has 0 radical (unpaired) electrons. The summed E-state index contributed by atoms with van der Waals surface area (Å²) in [5.41, 5.74) is 16.4. The summed E-state index contributed by atoms with van der Waals surface area (Å²) in [7, 11) is 0. The van der Waals surface area contributed by atoms with Gasteiger partial charge in [-0.25, -0.2) is 9.97 Å². The van der Waals surface area contributed by atoms with Gasteiger partial charge in [0.1, 0.15) is 4.83 Å². The molecule has 4 aliphatic rings. The number of benzene rings is 5. The van der Waals surface area contributed by atoms with E-state index in [0.29, 0.717) is 5.25 Å². The van der Waals surface area contributed by atoms with Gasteiger partial charge in [-0.05, 0) is 102 Å². The Morgan fingerprint density at radius 3 is 2.47 bits per heavy atom. The van der Waals surface area contributed by atoms with Crippen molar-refractivity contribution < 1.29 is 0 Å². The normalized spacial score (nSPS) is 18.4. The minimum atomic E-state index is 0.188. The van der Waals surface area contributed by atoms with E-state index in [0.717, 1.165) is 35.7 Å². The number of aryl methyl sites for hydroxylation is 1. The maximum Gasteiger partial charge on any atom is 0.236 e. The first-order valence-electron chi connectivity index (χ1n) is 18.3. The number of thiophene rings is 1. The van der Waals surface area contributed by atoms with Crippen LogP contribution in [0.15, 0.2) is 114 Å². The molecule has 0 amide bonds. The third kappa shape index (κ3) is 3.96. The first kappa shape index (κ1) is 28.7. The zero-order valence-electron chi connectivity index (χ0n) is 28.0. The Bertz CT molecular complexity index is 2820. The van der Waals surface area contributed by atoms with Gasteiger partial charge in [-0.2, -0.15) is 0 Å². The summed E-state index contributed by atoms with van der Waals surface area (Å²) in [4.78, 5) is 13.8. The van der Waals surface area contributed by atoms with Crippen LogP contribution >= 0.6 is 23.1 Å². The van der Waals surface area contributed by atoms with E-state index in [1.807, 2.05) is 11.8 Å². The summed E-state index contributed by atoms with van der Waals surface area (Å²) in [5, 5.41) is 3.99. The van der Waals surface area contributed by atoms with Crippen LogP contribution in [0.3, 0.4) is 0 Å². The molecule has 5 heteroatoms. The third-order valence-corrected chi connectivity index (χ3v) is 14.4.